The van der Waals surface area contributed by atoms with Crippen LogP contribution >= 0.6 is 0 Å². The number of hydrogen-bond donors (Lipinski definition) is 1. The molecule has 2 rings (SSSR count). The molecule has 0 aromatic heterocycles. The Morgan fingerprint density at radius 2 is 2.11 bits per heavy atom. The van der Waals surface area contributed by atoms with E-state index in [4.69, 9.17) is 5.11 Å². The molecule has 0 aliphatic heterocycles. The fraction of sp³-hybridized carbons (Fsp3) is 0.533. The van der Waals surface area contributed by atoms with Gasteiger partial charge in [0.15, 0.2) is 0 Å². The summed E-state index contributed by atoms with van der Waals surface area (Å²) in [5.41, 5.74) is 2.96. The summed E-state index contributed by atoms with van der Waals surface area (Å²) in [6, 6.07) is 6.15. The number of aryl methyl sites for hydroxylation is 1. The Labute approximate surface area is 108 Å². The maximum absolute atomic E-state index is 12.6. The van der Waals surface area contributed by atoms with Crippen molar-refractivity contribution >= 4 is 5.91 Å². The van der Waals surface area contributed by atoms with Crippen molar-refractivity contribution in [3.63, 3.8) is 0 Å². The summed E-state index contributed by atoms with van der Waals surface area (Å²) in [4.78, 5) is 14.4. The number of nitrogens with zero attached hydrogens (tertiary/aromatic N) is 1. The molecule has 3 nitrogen and oxygen atoms in total. The van der Waals surface area contributed by atoms with Crippen molar-refractivity contribution in [2.24, 2.45) is 0 Å². The number of aliphatic hydroxyl groups excluding tert-OH is 1. The van der Waals surface area contributed by atoms with Crippen LogP contribution in [0.3, 0.4) is 0 Å². The highest BCUT2D eigenvalue weighted by molar-refractivity contribution is 5.96. The van der Waals surface area contributed by atoms with Crippen LogP contribution in [0.1, 0.15) is 40.7 Å². The Bertz CT molecular complexity index is 438. The van der Waals surface area contributed by atoms with Crippen LogP contribution < -0.4 is 0 Å². The Hall–Kier alpha value is -1.35. The highest BCUT2D eigenvalue weighted by Crippen LogP contribution is 2.27. The summed E-state index contributed by atoms with van der Waals surface area (Å²) < 4.78 is 0. The molecular weight excluding hydrogens is 226 g/mol. The molecule has 0 bridgehead atoms. The second-order valence-corrected chi connectivity index (χ2v) is 5.05. The first-order chi connectivity index (χ1) is 8.65. The number of amides is 1. The first-order valence-electron chi connectivity index (χ1n) is 6.63. The van der Waals surface area contributed by atoms with Crippen molar-refractivity contribution in [3.8, 4) is 0 Å². The van der Waals surface area contributed by atoms with Crippen molar-refractivity contribution in [1.82, 2.24) is 4.90 Å². The molecule has 1 aliphatic rings. The highest BCUT2D eigenvalue weighted by Gasteiger charge is 2.29. The van der Waals surface area contributed by atoms with E-state index < -0.39 is 0 Å². The molecule has 0 atom stereocenters. The van der Waals surface area contributed by atoms with Crippen molar-refractivity contribution in [3.05, 3.63) is 34.9 Å². The van der Waals surface area contributed by atoms with Crippen LogP contribution in [0.5, 0.6) is 0 Å². The largest absolute Gasteiger partial charge is 0.395 e. The Morgan fingerprint density at radius 1 is 1.39 bits per heavy atom. The van der Waals surface area contributed by atoms with Gasteiger partial charge in [0, 0.05) is 18.2 Å². The van der Waals surface area contributed by atoms with Gasteiger partial charge in [-0.05, 0) is 50.3 Å². The molecule has 1 aromatic carbocycles. The van der Waals surface area contributed by atoms with Gasteiger partial charge in [0.05, 0.1) is 6.61 Å². The SMILES string of the molecule is Cc1cccc(C(=O)N(CCO)C2CCC2)c1C. The highest BCUT2D eigenvalue weighted by atomic mass is 16.3. The van der Waals surface area contributed by atoms with Gasteiger partial charge in [-0.3, -0.25) is 4.79 Å². The molecule has 98 valence electrons. The van der Waals surface area contributed by atoms with Gasteiger partial charge in [-0.2, -0.15) is 0 Å². The van der Waals surface area contributed by atoms with E-state index in [2.05, 4.69) is 0 Å². The molecule has 1 amide bonds. The van der Waals surface area contributed by atoms with Gasteiger partial charge in [-0.15, -0.1) is 0 Å². The molecule has 1 saturated carbocycles. The maximum Gasteiger partial charge on any atom is 0.254 e. The van der Waals surface area contributed by atoms with Crippen LogP contribution in [0.4, 0.5) is 0 Å². The normalized spacial score (nSPS) is 15.3. The zero-order valence-electron chi connectivity index (χ0n) is 11.1. The lowest BCUT2D eigenvalue weighted by Crippen LogP contribution is -2.45. The summed E-state index contributed by atoms with van der Waals surface area (Å²) in [7, 11) is 0. The van der Waals surface area contributed by atoms with E-state index in [9.17, 15) is 4.79 Å². The standard InChI is InChI=1S/C15H21NO2/c1-11-5-3-8-14(12(11)2)15(18)16(9-10-17)13-6-4-7-13/h3,5,8,13,17H,4,6-7,9-10H2,1-2H3. The fourth-order valence-corrected chi connectivity index (χ4v) is 2.39. The quantitative estimate of drug-likeness (QED) is 0.886. The van der Waals surface area contributed by atoms with Crippen molar-refractivity contribution in [2.45, 2.75) is 39.2 Å². The molecule has 1 fully saturated rings. The van der Waals surface area contributed by atoms with Crippen LogP contribution in [0.2, 0.25) is 0 Å². The van der Waals surface area contributed by atoms with Gasteiger partial charge in [0.1, 0.15) is 0 Å². The number of benzene rings is 1. The summed E-state index contributed by atoms with van der Waals surface area (Å²) >= 11 is 0. The summed E-state index contributed by atoms with van der Waals surface area (Å²) in [5.74, 6) is 0.0648. The molecule has 0 saturated heterocycles. The van der Waals surface area contributed by atoms with Gasteiger partial charge in [0.2, 0.25) is 0 Å². The lowest BCUT2D eigenvalue weighted by molar-refractivity contribution is 0.0525. The zero-order valence-corrected chi connectivity index (χ0v) is 11.1. The molecule has 1 aliphatic carbocycles. The lowest BCUT2D eigenvalue weighted by atomic mass is 9.90. The minimum Gasteiger partial charge on any atom is -0.395 e. The minimum absolute atomic E-state index is 0.0348. The van der Waals surface area contributed by atoms with E-state index >= 15 is 0 Å². The number of rotatable bonds is 4. The first-order valence-corrected chi connectivity index (χ1v) is 6.63. The Kier molecular flexibility index (Phi) is 4.02. The van der Waals surface area contributed by atoms with E-state index in [0.29, 0.717) is 12.6 Å². The minimum atomic E-state index is 0.0348. The van der Waals surface area contributed by atoms with Crippen LogP contribution in [-0.2, 0) is 0 Å². The van der Waals surface area contributed by atoms with Crippen molar-refractivity contribution in [1.29, 1.82) is 0 Å². The molecule has 3 heteroatoms. The van der Waals surface area contributed by atoms with Gasteiger partial charge >= 0.3 is 0 Å². The van der Waals surface area contributed by atoms with E-state index in [0.717, 1.165) is 29.5 Å². The van der Waals surface area contributed by atoms with Gasteiger partial charge in [-0.1, -0.05) is 12.1 Å². The van der Waals surface area contributed by atoms with Crippen molar-refractivity contribution in [2.75, 3.05) is 13.2 Å². The molecular formula is C15H21NO2. The molecule has 0 unspecified atom stereocenters. The predicted octanol–water partition coefficient (Wildman–Crippen LogP) is 2.29. The molecule has 0 radical (unpaired) electrons. The molecule has 0 heterocycles. The second kappa shape index (κ2) is 5.53. The van der Waals surface area contributed by atoms with Crippen LogP contribution in [-0.4, -0.2) is 35.1 Å². The monoisotopic (exact) mass is 247 g/mol. The molecule has 1 aromatic rings. The van der Waals surface area contributed by atoms with Gasteiger partial charge in [0.25, 0.3) is 5.91 Å². The molecule has 0 spiro atoms. The molecule has 1 N–H and O–H groups in total. The Morgan fingerprint density at radius 3 is 2.67 bits per heavy atom. The number of hydrogen-bond acceptors (Lipinski definition) is 2. The van der Waals surface area contributed by atoms with Crippen molar-refractivity contribution < 1.29 is 9.90 Å². The van der Waals surface area contributed by atoms with E-state index in [-0.39, 0.29) is 12.5 Å². The third-order valence-electron chi connectivity index (χ3n) is 3.95. The Balaban J connectivity index is 2.24. The predicted molar refractivity (Wildman–Crippen MR) is 71.7 cm³/mol. The first kappa shape index (κ1) is 13.1. The van der Waals surface area contributed by atoms with E-state index in [1.54, 1.807) is 0 Å². The topological polar surface area (TPSA) is 40.5 Å². The second-order valence-electron chi connectivity index (χ2n) is 5.05. The third kappa shape index (κ3) is 2.41. The number of carbonyl (C=O) groups is 1. The summed E-state index contributed by atoms with van der Waals surface area (Å²) in [6.07, 6.45) is 3.32. The third-order valence-corrected chi connectivity index (χ3v) is 3.95. The van der Waals surface area contributed by atoms with Crippen LogP contribution in [0.25, 0.3) is 0 Å². The zero-order chi connectivity index (χ0) is 13.1. The fourth-order valence-electron chi connectivity index (χ4n) is 2.39. The average Bonchev–Trinajstić information content (AvgIpc) is 2.29. The van der Waals surface area contributed by atoms with Gasteiger partial charge in [-0.25, -0.2) is 0 Å². The van der Waals surface area contributed by atoms with E-state index in [1.807, 2.05) is 36.9 Å². The van der Waals surface area contributed by atoms with Crippen LogP contribution in [0.15, 0.2) is 18.2 Å². The maximum atomic E-state index is 12.6. The lowest BCUT2D eigenvalue weighted by Gasteiger charge is -2.37. The number of aliphatic hydroxyl groups is 1. The van der Waals surface area contributed by atoms with Crippen LogP contribution in [0, 0.1) is 13.8 Å². The van der Waals surface area contributed by atoms with E-state index in [1.165, 1.54) is 6.42 Å². The van der Waals surface area contributed by atoms with Gasteiger partial charge < -0.3 is 10.0 Å². The summed E-state index contributed by atoms with van der Waals surface area (Å²) in [6.45, 7) is 4.48. The average molecular weight is 247 g/mol. The molecule has 18 heavy (non-hydrogen) atoms. The summed E-state index contributed by atoms with van der Waals surface area (Å²) in [5, 5.41) is 9.13. The smallest absolute Gasteiger partial charge is 0.254 e. The number of carbonyl (C=O) groups excluding carboxylic acids is 1.